The standard InChI is InChI=1S/C18H21N3O2/c19-9-15-11-21(12-17(15)14-5-2-1-3-6-14)18(22)13-23-16-7-4-8-20-10-16/h1-8,10,15,17H,9,11-13,19H2/t15-,17+/m1/s1. The lowest BCUT2D eigenvalue weighted by Gasteiger charge is -2.17. The summed E-state index contributed by atoms with van der Waals surface area (Å²) in [6, 6.07) is 13.8. The van der Waals surface area contributed by atoms with Crippen LogP contribution in [0.5, 0.6) is 5.75 Å². The summed E-state index contributed by atoms with van der Waals surface area (Å²) in [6.45, 7) is 1.99. The van der Waals surface area contributed by atoms with Crippen molar-refractivity contribution in [3.8, 4) is 5.75 Å². The molecule has 5 heteroatoms. The van der Waals surface area contributed by atoms with Crippen molar-refractivity contribution >= 4 is 5.91 Å². The van der Waals surface area contributed by atoms with E-state index in [0.29, 0.717) is 37.2 Å². The van der Waals surface area contributed by atoms with E-state index in [2.05, 4.69) is 17.1 Å². The maximum absolute atomic E-state index is 12.4. The van der Waals surface area contributed by atoms with Gasteiger partial charge in [0.2, 0.25) is 0 Å². The first-order valence-electron chi connectivity index (χ1n) is 7.83. The fourth-order valence-electron chi connectivity index (χ4n) is 3.06. The average molecular weight is 311 g/mol. The lowest BCUT2D eigenvalue weighted by molar-refractivity contribution is -0.132. The molecule has 0 spiro atoms. The van der Waals surface area contributed by atoms with Crippen molar-refractivity contribution in [3.05, 3.63) is 60.4 Å². The molecule has 1 aliphatic rings. The smallest absolute Gasteiger partial charge is 0.260 e. The zero-order valence-electron chi connectivity index (χ0n) is 13.0. The minimum Gasteiger partial charge on any atom is -0.482 e. The number of benzene rings is 1. The van der Waals surface area contributed by atoms with Crippen molar-refractivity contribution in [1.29, 1.82) is 0 Å². The summed E-state index contributed by atoms with van der Waals surface area (Å²) in [5.74, 6) is 1.18. The predicted molar refractivity (Wildman–Crippen MR) is 88.0 cm³/mol. The molecule has 1 saturated heterocycles. The quantitative estimate of drug-likeness (QED) is 0.912. The van der Waals surface area contributed by atoms with E-state index in [1.165, 1.54) is 5.56 Å². The van der Waals surface area contributed by atoms with Crippen LogP contribution in [0.15, 0.2) is 54.9 Å². The van der Waals surface area contributed by atoms with Crippen LogP contribution in [0.3, 0.4) is 0 Å². The van der Waals surface area contributed by atoms with Gasteiger partial charge in [-0.05, 0) is 30.2 Å². The summed E-state index contributed by atoms with van der Waals surface area (Å²) < 4.78 is 5.51. The van der Waals surface area contributed by atoms with Gasteiger partial charge >= 0.3 is 0 Å². The van der Waals surface area contributed by atoms with Crippen LogP contribution in [0.4, 0.5) is 0 Å². The van der Waals surface area contributed by atoms with Crippen LogP contribution in [0, 0.1) is 5.92 Å². The molecule has 2 N–H and O–H groups in total. The molecule has 2 heterocycles. The summed E-state index contributed by atoms with van der Waals surface area (Å²) in [4.78, 5) is 18.2. The number of carbonyl (C=O) groups is 1. The molecule has 1 fully saturated rings. The van der Waals surface area contributed by atoms with Gasteiger partial charge in [-0.2, -0.15) is 0 Å². The van der Waals surface area contributed by atoms with Crippen molar-refractivity contribution in [1.82, 2.24) is 9.88 Å². The number of carbonyl (C=O) groups excluding carboxylic acids is 1. The topological polar surface area (TPSA) is 68.5 Å². The Labute approximate surface area is 136 Å². The first-order chi connectivity index (χ1) is 11.3. The van der Waals surface area contributed by atoms with E-state index in [9.17, 15) is 4.79 Å². The maximum Gasteiger partial charge on any atom is 0.260 e. The summed E-state index contributed by atoms with van der Waals surface area (Å²) in [6.07, 6.45) is 3.28. The van der Waals surface area contributed by atoms with Gasteiger partial charge < -0.3 is 15.4 Å². The number of pyridine rings is 1. The highest BCUT2D eigenvalue weighted by Crippen LogP contribution is 2.32. The summed E-state index contributed by atoms with van der Waals surface area (Å²) >= 11 is 0. The fraction of sp³-hybridized carbons (Fsp3) is 0.333. The van der Waals surface area contributed by atoms with Gasteiger partial charge in [-0.1, -0.05) is 30.3 Å². The lowest BCUT2D eigenvalue weighted by Crippen LogP contribution is -2.33. The first kappa shape index (κ1) is 15.5. The molecule has 0 saturated carbocycles. The molecule has 3 rings (SSSR count). The monoisotopic (exact) mass is 311 g/mol. The summed E-state index contributed by atoms with van der Waals surface area (Å²) in [5, 5.41) is 0. The molecule has 2 aromatic rings. The Morgan fingerprint density at radius 2 is 2.04 bits per heavy atom. The van der Waals surface area contributed by atoms with Crippen LogP contribution in [0.1, 0.15) is 11.5 Å². The molecule has 1 aromatic carbocycles. The molecule has 2 atom stereocenters. The summed E-state index contributed by atoms with van der Waals surface area (Å²) in [7, 11) is 0. The highest BCUT2D eigenvalue weighted by atomic mass is 16.5. The number of likely N-dealkylation sites (tertiary alicyclic amines) is 1. The minimum atomic E-state index is -0.00858. The van der Waals surface area contributed by atoms with E-state index < -0.39 is 0 Å². The van der Waals surface area contributed by atoms with Gasteiger partial charge in [-0.15, -0.1) is 0 Å². The molecule has 1 aromatic heterocycles. The van der Waals surface area contributed by atoms with E-state index >= 15 is 0 Å². The fourth-order valence-corrected chi connectivity index (χ4v) is 3.06. The third kappa shape index (κ3) is 3.68. The SMILES string of the molecule is NC[C@@H]1CN(C(=O)COc2cccnc2)C[C@H]1c1ccccc1. The van der Waals surface area contributed by atoms with Crippen LogP contribution in [-0.4, -0.2) is 42.0 Å². The zero-order chi connectivity index (χ0) is 16.1. The van der Waals surface area contributed by atoms with Crippen LogP contribution >= 0.6 is 0 Å². The van der Waals surface area contributed by atoms with Crippen LogP contribution < -0.4 is 10.5 Å². The van der Waals surface area contributed by atoms with E-state index in [4.69, 9.17) is 10.5 Å². The van der Waals surface area contributed by atoms with E-state index in [1.54, 1.807) is 24.5 Å². The molecule has 23 heavy (non-hydrogen) atoms. The molecule has 0 bridgehead atoms. The number of aromatic nitrogens is 1. The molecule has 1 aliphatic heterocycles. The van der Waals surface area contributed by atoms with Crippen molar-refractivity contribution in [3.63, 3.8) is 0 Å². The Bertz CT molecular complexity index is 633. The normalized spacial score (nSPS) is 20.5. The van der Waals surface area contributed by atoms with Crippen molar-refractivity contribution in [2.75, 3.05) is 26.2 Å². The molecule has 5 nitrogen and oxygen atoms in total. The lowest BCUT2D eigenvalue weighted by atomic mass is 9.89. The maximum atomic E-state index is 12.4. The minimum absolute atomic E-state index is 0.00858. The Hall–Kier alpha value is -2.40. The number of ether oxygens (including phenoxy) is 1. The number of nitrogens with zero attached hydrogens (tertiary/aromatic N) is 2. The van der Waals surface area contributed by atoms with Gasteiger partial charge in [-0.3, -0.25) is 9.78 Å². The van der Waals surface area contributed by atoms with Gasteiger partial charge in [0.05, 0.1) is 6.20 Å². The second-order valence-corrected chi connectivity index (χ2v) is 5.79. The van der Waals surface area contributed by atoms with Crippen molar-refractivity contribution < 1.29 is 9.53 Å². The second kappa shape index (κ2) is 7.24. The van der Waals surface area contributed by atoms with Crippen molar-refractivity contribution in [2.45, 2.75) is 5.92 Å². The van der Waals surface area contributed by atoms with Crippen LogP contribution in [0.25, 0.3) is 0 Å². The second-order valence-electron chi connectivity index (χ2n) is 5.79. The number of hydrogen-bond acceptors (Lipinski definition) is 4. The summed E-state index contributed by atoms with van der Waals surface area (Å²) in [5.41, 5.74) is 7.15. The molecule has 0 aliphatic carbocycles. The molecule has 0 unspecified atom stereocenters. The van der Waals surface area contributed by atoms with Gasteiger partial charge in [0.1, 0.15) is 5.75 Å². The van der Waals surface area contributed by atoms with Gasteiger partial charge in [0, 0.05) is 25.2 Å². The van der Waals surface area contributed by atoms with Gasteiger partial charge in [0.15, 0.2) is 6.61 Å². The Morgan fingerprint density at radius 3 is 2.74 bits per heavy atom. The van der Waals surface area contributed by atoms with E-state index in [-0.39, 0.29) is 12.5 Å². The van der Waals surface area contributed by atoms with Crippen LogP contribution in [0.2, 0.25) is 0 Å². The highest BCUT2D eigenvalue weighted by Gasteiger charge is 2.35. The molecule has 0 radical (unpaired) electrons. The van der Waals surface area contributed by atoms with Gasteiger partial charge in [-0.25, -0.2) is 0 Å². The van der Waals surface area contributed by atoms with Gasteiger partial charge in [0.25, 0.3) is 5.91 Å². The number of rotatable bonds is 5. The first-order valence-corrected chi connectivity index (χ1v) is 7.83. The molecular weight excluding hydrogens is 290 g/mol. The third-order valence-corrected chi connectivity index (χ3v) is 4.32. The Morgan fingerprint density at radius 1 is 1.22 bits per heavy atom. The zero-order valence-corrected chi connectivity index (χ0v) is 13.0. The largest absolute Gasteiger partial charge is 0.482 e. The molecule has 120 valence electrons. The van der Waals surface area contributed by atoms with E-state index in [1.807, 2.05) is 23.1 Å². The number of nitrogens with two attached hydrogens (primary N) is 1. The average Bonchev–Trinajstić information content (AvgIpc) is 3.06. The number of amides is 1. The number of hydrogen-bond donors (Lipinski definition) is 1. The van der Waals surface area contributed by atoms with E-state index in [0.717, 1.165) is 0 Å². The Kier molecular flexibility index (Phi) is 4.88. The highest BCUT2D eigenvalue weighted by molar-refractivity contribution is 5.78. The van der Waals surface area contributed by atoms with Crippen LogP contribution in [-0.2, 0) is 4.79 Å². The molecular formula is C18H21N3O2. The Balaban J connectivity index is 1.61. The van der Waals surface area contributed by atoms with Crippen molar-refractivity contribution in [2.24, 2.45) is 11.7 Å². The predicted octanol–water partition coefficient (Wildman–Crippen LogP) is 1.66. The third-order valence-electron chi connectivity index (χ3n) is 4.32. The molecule has 1 amide bonds.